The van der Waals surface area contributed by atoms with Crippen molar-refractivity contribution in [1.82, 2.24) is 0 Å². The topological polar surface area (TPSA) is 69.4 Å². The Morgan fingerprint density at radius 2 is 1.94 bits per heavy atom. The van der Waals surface area contributed by atoms with E-state index in [0.717, 1.165) is 5.56 Å². The van der Waals surface area contributed by atoms with Crippen LogP contribution in [0.25, 0.3) is 0 Å². The second-order valence-corrected chi connectivity index (χ2v) is 7.05. The Kier molecular flexibility index (Phi) is 3.49. The highest BCUT2D eigenvalue weighted by molar-refractivity contribution is 7.91. The van der Waals surface area contributed by atoms with Crippen molar-refractivity contribution in [1.29, 1.82) is 0 Å². The molecule has 2 N–H and O–H groups in total. The van der Waals surface area contributed by atoms with Gasteiger partial charge in [-0.25, -0.2) is 8.42 Å². The van der Waals surface area contributed by atoms with Gasteiger partial charge >= 0.3 is 0 Å². The molecule has 0 heterocycles. The van der Waals surface area contributed by atoms with E-state index in [1.54, 1.807) is 0 Å². The fourth-order valence-electron chi connectivity index (χ4n) is 2.66. The smallest absolute Gasteiger partial charge is 0.152 e. The van der Waals surface area contributed by atoms with Gasteiger partial charge < -0.3 is 10.5 Å². The van der Waals surface area contributed by atoms with E-state index in [2.05, 4.69) is 0 Å². The summed E-state index contributed by atoms with van der Waals surface area (Å²) in [4.78, 5) is 0. The minimum atomic E-state index is -3.17. The van der Waals surface area contributed by atoms with Gasteiger partial charge in [0.15, 0.2) is 9.84 Å². The molecule has 4 nitrogen and oxygen atoms in total. The average Bonchev–Trinajstić information content (AvgIpc) is 2.95. The molecule has 0 saturated heterocycles. The summed E-state index contributed by atoms with van der Waals surface area (Å²) in [5.74, 6) is -0.166. The van der Waals surface area contributed by atoms with Crippen molar-refractivity contribution in [2.45, 2.75) is 23.6 Å². The lowest BCUT2D eigenvalue weighted by Gasteiger charge is -2.11. The molecular weight excluding hydrogens is 250 g/mol. The van der Waals surface area contributed by atoms with Gasteiger partial charge in [0.2, 0.25) is 0 Å². The maximum absolute atomic E-state index is 11.8. The maximum Gasteiger partial charge on any atom is 0.152 e. The summed E-state index contributed by atoms with van der Waals surface area (Å²) >= 11 is 0. The molecule has 1 aliphatic carbocycles. The predicted octanol–water partition coefficient (Wildman–Crippen LogP) is 0.931. The number of ether oxygens (including phenoxy) is 1. The van der Waals surface area contributed by atoms with Crippen LogP contribution in [-0.2, 0) is 14.6 Å². The van der Waals surface area contributed by atoms with Crippen LogP contribution < -0.4 is 5.73 Å². The maximum atomic E-state index is 11.8. The third-order valence-electron chi connectivity index (χ3n) is 3.48. The molecule has 0 aromatic heterocycles. The normalized spacial score (nSPS) is 31.3. The minimum absolute atomic E-state index is 0.166. The van der Waals surface area contributed by atoms with Gasteiger partial charge in [-0.3, -0.25) is 0 Å². The van der Waals surface area contributed by atoms with Crippen molar-refractivity contribution in [2.24, 2.45) is 5.73 Å². The monoisotopic (exact) mass is 269 g/mol. The molecule has 0 aliphatic heterocycles. The van der Waals surface area contributed by atoms with Gasteiger partial charge in [0.1, 0.15) is 0 Å². The van der Waals surface area contributed by atoms with E-state index in [4.69, 9.17) is 10.5 Å². The van der Waals surface area contributed by atoms with Crippen LogP contribution in [0.5, 0.6) is 0 Å². The van der Waals surface area contributed by atoms with Crippen molar-refractivity contribution < 1.29 is 13.2 Å². The number of sulfone groups is 1. The summed E-state index contributed by atoms with van der Waals surface area (Å²) in [6, 6.07) is 9.54. The zero-order valence-electron chi connectivity index (χ0n) is 10.7. The minimum Gasteiger partial charge on any atom is -0.380 e. The molecule has 1 saturated carbocycles. The van der Waals surface area contributed by atoms with Crippen LogP contribution in [0.1, 0.15) is 18.4 Å². The second kappa shape index (κ2) is 4.64. The first kappa shape index (κ1) is 13.5. The summed E-state index contributed by atoms with van der Waals surface area (Å²) in [5.41, 5.74) is 6.42. The van der Waals surface area contributed by atoms with Crippen molar-refractivity contribution in [2.75, 3.05) is 19.5 Å². The van der Waals surface area contributed by atoms with Crippen LogP contribution in [-0.4, -0.2) is 38.7 Å². The molecule has 0 radical (unpaired) electrons. The summed E-state index contributed by atoms with van der Waals surface area (Å²) < 4.78 is 29.0. The summed E-state index contributed by atoms with van der Waals surface area (Å²) in [7, 11) is -3.17. The quantitative estimate of drug-likeness (QED) is 0.863. The number of hydrogen-bond acceptors (Lipinski definition) is 4. The summed E-state index contributed by atoms with van der Waals surface area (Å²) in [6.45, 7) is 2.69. The Bertz CT molecular complexity index is 514. The molecule has 5 heteroatoms. The van der Waals surface area contributed by atoms with Crippen LogP contribution >= 0.6 is 0 Å². The largest absolute Gasteiger partial charge is 0.380 e. The van der Waals surface area contributed by atoms with Gasteiger partial charge in [0.25, 0.3) is 0 Å². The van der Waals surface area contributed by atoms with Crippen molar-refractivity contribution in [3.63, 3.8) is 0 Å². The fourth-order valence-corrected chi connectivity index (χ4v) is 4.50. The highest BCUT2D eigenvalue weighted by Crippen LogP contribution is 2.53. The highest BCUT2D eigenvalue weighted by Gasteiger charge is 2.67. The second-order valence-electron chi connectivity index (χ2n) is 4.89. The Balaban J connectivity index is 2.29. The lowest BCUT2D eigenvalue weighted by atomic mass is 10.1. The SMILES string of the molecule is CCOC[C@@]1(N)[C@@H](c2ccccc2)[C@@H]1S(C)(=O)=O. The number of nitrogens with two attached hydrogens (primary N) is 1. The molecule has 0 spiro atoms. The van der Waals surface area contributed by atoms with Crippen LogP contribution in [0.4, 0.5) is 0 Å². The van der Waals surface area contributed by atoms with Crippen LogP contribution in [0.15, 0.2) is 30.3 Å². The third kappa shape index (κ3) is 2.30. The highest BCUT2D eigenvalue weighted by atomic mass is 32.2. The van der Waals surface area contributed by atoms with Gasteiger partial charge in [-0.2, -0.15) is 0 Å². The van der Waals surface area contributed by atoms with E-state index in [1.807, 2.05) is 37.3 Å². The van der Waals surface area contributed by atoms with E-state index < -0.39 is 20.6 Å². The molecule has 1 fully saturated rings. The van der Waals surface area contributed by atoms with Gasteiger partial charge in [0, 0.05) is 18.8 Å². The predicted molar refractivity (Wildman–Crippen MR) is 71.2 cm³/mol. The molecule has 2 rings (SSSR count). The third-order valence-corrected chi connectivity index (χ3v) is 5.11. The summed E-state index contributed by atoms with van der Waals surface area (Å²) in [5, 5.41) is -0.543. The molecule has 1 aromatic carbocycles. The number of benzene rings is 1. The van der Waals surface area contributed by atoms with E-state index in [1.165, 1.54) is 6.26 Å². The van der Waals surface area contributed by atoms with Gasteiger partial charge in [-0.05, 0) is 12.5 Å². The molecule has 1 aromatic rings. The zero-order chi connectivity index (χ0) is 13.4. The Morgan fingerprint density at radius 1 is 1.33 bits per heavy atom. The van der Waals surface area contributed by atoms with E-state index in [9.17, 15) is 8.42 Å². The average molecular weight is 269 g/mol. The Morgan fingerprint density at radius 3 is 2.44 bits per heavy atom. The van der Waals surface area contributed by atoms with E-state index in [-0.39, 0.29) is 12.5 Å². The fraction of sp³-hybridized carbons (Fsp3) is 0.538. The van der Waals surface area contributed by atoms with Gasteiger partial charge in [-0.1, -0.05) is 30.3 Å². The molecule has 0 unspecified atom stereocenters. The zero-order valence-corrected chi connectivity index (χ0v) is 11.5. The molecule has 0 amide bonds. The lowest BCUT2D eigenvalue weighted by molar-refractivity contribution is 0.125. The van der Waals surface area contributed by atoms with Gasteiger partial charge in [0.05, 0.1) is 17.4 Å². The van der Waals surface area contributed by atoms with Gasteiger partial charge in [-0.15, -0.1) is 0 Å². The van der Waals surface area contributed by atoms with E-state index >= 15 is 0 Å². The lowest BCUT2D eigenvalue weighted by Crippen LogP contribution is -2.36. The number of rotatable bonds is 5. The molecule has 3 atom stereocenters. The standard InChI is InChI=1S/C13H19NO3S/c1-3-17-9-13(14)11(12(13)18(2,15)16)10-7-5-4-6-8-10/h4-8,11-12H,3,9,14H2,1-2H3/t11-,12-,13+/m0/s1. The number of hydrogen-bond donors (Lipinski definition) is 1. The molecular formula is C13H19NO3S. The first-order valence-corrected chi connectivity index (χ1v) is 7.97. The van der Waals surface area contributed by atoms with Crippen LogP contribution in [0, 0.1) is 0 Å². The molecule has 1 aliphatic rings. The first-order valence-electron chi connectivity index (χ1n) is 6.01. The summed E-state index contributed by atoms with van der Waals surface area (Å²) in [6.07, 6.45) is 1.24. The van der Waals surface area contributed by atoms with Crippen LogP contribution in [0.3, 0.4) is 0 Å². The first-order chi connectivity index (χ1) is 8.41. The van der Waals surface area contributed by atoms with Crippen molar-refractivity contribution in [3.05, 3.63) is 35.9 Å². The Hall–Kier alpha value is -0.910. The Labute approximate surface area is 108 Å². The van der Waals surface area contributed by atoms with Crippen LogP contribution in [0.2, 0.25) is 0 Å². The molecule has 100 valence electrons. The molecule has 0 bridgehead atoms. The molecule has 18 heavy (non-hydrogen) atoms. The van der Waals surface area contributed by atoms with Crippen molar-refractivity contribution >= 4 is 9.84 Å². The van der Waals surface area contributed by atoms with Crippen molar-refractivity contribution in [3.8, 4) is 0 Å². The van der Waals surface area contributed by atoms with E-state index in [0.29, 0.717) is 6.61 Å².